The van der Waals surface area contributed by atoms with E-state index in [-0.39, 0.29) is 5.57 Å². The number of nitrogens with zero attached hydrogens (tertiary/aromatic N) is 1. The molecule has 0 aliphatic carbocycles. The van der Waals surface area contributed by atoms with Crippen molar-refractivity contribution in [1.82, 2.24) is 0 Å². The summed E-state index contributed by atoms with van der Waals surface area (Å²) in [6, 6.07) is 22.4. The topological polar surface area (TPSA) is 62.1 Å². The van der Waals surface area contributed by atoms with Crippen LogP contribution in [0.4, 0.5) is 5.69 Å². The zero-order valence-corrected chi connectivity index (χ0v) is 19.1. The Hall–Kier alpha value is -2.82. The molecule has 30 heavy (non-hydrogen) atoms. The van der Waals surface area contributed by atoms with Crippen molar-refractivity contribution in [2.24, 2.45) is 0 Å². The smallest absolute Gasteiger partial charge is 0.266 e. The number of benzene rings is 3. The minimum atomic E-state index is -0.477. The number of nitrogens with one attached hydrogen (secondary N) is 1. The van der Waals surface area contributed by atoms with Crippen LogP contribution in [0.5, 0.6) is 5.75 Å². The summed E-state index contributed by atoms with van der Waals surface area (Å²) in [5.74, 6) is 0.270. The van der Waals surface area contributed by atoms with Gasteiger partial charge in [0.05, 0.1) is 3.57 Å². The average molecular weight is 529 g/mol. The summed E-state index contributed by atoms with van der Waals surface area (Å²) in [7, 11) is 0. The number of ether oxygens (including phenoxy) is 1. The van der Waals surface area contributed by atoms with Crippen LogP contribution in [0.15, 0.2) is 72.3 Å². The molecule has 0 saturated carbocycles. The largest absolute Gasteiger partial charge is 0.488 e. The fraction of sp³-hybridized carbons (Fsp3) is 0.0833. The van der Waals surface area contributed by atoms with E-state index in [0.29, 0.717) is 17.3 Å². The van der Waals surface area contributed by atoms with Gasteiger partial charge in [-0.1, -0.05) is 47.5 Å². The number of carbonyl (C=O) groups is 1. The molecule has 4 nitrogen and oxygen atoms in total. The summed E-state index contributed by atoms with van der Waals surface area (Å²) >= 11 is 8.03. The molecule has 0 atom stereocenters. The van der Waals surface area contributed by atoms with Crippen LogP contribution in [0.3, 0.4) is 0 Å². The van der Waals surface area contributed by atoms with Crippen LogP contribution in [0, 0.1) is 21.8 Å². The lowest BCUT2D eigenvalue weighted by molar-refractivity contribution is -0.112. The van der Waals surface area contributed by atoms with Crippen molar-refractivity contribution < 1.29 is 9.53 Å². The molecule has 150 valence electrons. The number of aryl methyl sites for hydroxylation is 1. The summed E-state index contributed by atoms with van der Waals surface area (Å²) in [5, 5.41) is 12.7. The van der Waals surface area contributed by atoms with Crippen LogP contribution in [0.1, 0.15) is 16.7 Å². The van der Waals surface area contributed by atoms with Crippen molar-refractivity contribution in [3.63, 3.8) is 0 Å². The molecular formula is C24H18ClIN2O2. The molecule has 0 fully saturated rings. The zero-order valence-electron chi connectivity index (χ0n) is 16.2. The lowest BCUT2D eigenvalue weighted by Gasteiger charge is -2.09. The third kappa shape index (κ3) is 6.09. The van der Waals surface area contributed by atoms with Gasteiger partial charge in [0.15, 0.2) is 0 Å². The van der Waals surface area contributed by atoms with E-state index in [1.807, 2.05) is 43.3 Å². The van der Waals surface area contributed by atoms with Gasteiger partial charge in [-0.3, -0.25) is 4.79 Å². The Kier molecular flexibility index (Phi) is 7.50. The average Bonchev–Trinajstić information content (AvgIpc) is 2.74. The molecule has 0 radical (unpaired) electrons. The molecule has 0 aromatic heterocycles. The van der Waals surface area contributed by atoms with Crippen molar-refractivity contribution in [1.29, 1.82) is 5.26 Å². The first-order chi connectivity index (χ1) is 14.4. The second-order valence-electron chi connectivity index (χ2n) is 6.59. The number of carbonyl (C=O) groups excluding carboxylic acids is 1. The summed E-state index contributed by atoms with van der Waals surface area (Å²) in [6.07, 6.45) is 1.55. The second kappa shape index (κ2) is 10.3. The maximum Gasteiger partial charge on any atom is 0.266 e. The number of nitriles is 1. The number of hydrogen-bond acceptors (Lipinski definition) is 3. The van der Waals surface area contributed by atoms with Gasteiger partial charge in [-0.05, 0) is 83.1 Å². The Morgan fingerprint density at radius 3 is 2.47 bits per heavy atom. The highest BCUT2D eigenvalue weighted by atomic mass is 127. The van der Waals surface area contributed by atoms with Crippen LogP contribution in [0.25, 0.3) is 6.08 Å². The van der Waals surface area contributed by atoms with E-state index in [1.165, 1.54) is 5.56 Å². The summed E-state index contributed by atoms with van der Waals surface area (Å²) < 4.78 is 6.79. The van der Waals surface area contributed by atoms with E-state index in [1.54, 1.807) is 30.3 Å². The number of anilines is 1. The van der Waals surface area contributed by atoms with Crippen LogP contribution >= 0.6 is 34.2 Å². The first-order valence-corrected chi connectivity index (χ1v) is 10.6. The second-order valence-corrected chi connectivity index (χ2v) is 8.19. The van der Waals surface area contributed by atoms with Gasteiger partial charge in [-0.15, -0.1) is 0 Å². The molecule has 0 bridgehead atoms. The number of halogens is 2. The van der Waals surface area contributed by atoms with Gasteiger partial charge in [0.2, 0.25) is 0 Å². The minimum Gasteiger partial charge on any atom is -0.488 e. The van der Waals surface area contributed by atoms with Crippen LogP contribution in [-0.2, 0) is 11.4 Å². The highest BCUT2D eigenvalue weighted by molar-refractivity contribution is 14.1. The molecule has 1 N–H and O–H groups in total. The molecule has 0 aliphatic heterocycles. The Balaban J connectivity index is 1.69. The van der Waals surface area contributed by atoms with E-state index < -0.39 is 5.91 Å². The van der Waals surface area contributed by atoms with E-state index in [2.05, 4.69) is 40.0 Å². The molecule has 0 unspecified atom stereocenters. The first kappa shape index (κ1) is 21.9. The van der Waals surface area contributed by atoms with Crippen molar-refractivity contribution in [3.05, 3.63) is 97.6 Å². The summed E-state index contributed by atoms with van der Waals surface area (Å²) in [4.78, 5) is 12.4. The van der Waals surface area contributed by atoms with Crippen LogP contribution in [0.2, 0.25) is 5.02 Å². The van der Waals surface area contributed by atoms with E-state index in [9.17, 15) is 10.1 Å². The quantitative estimate of drug-likeness (QED) is 0.229. The summed E-state index contributed by atoms with van der Waals surface area (Å²) in [6.45, 7) is 2.52. The summed E-state index contributed by atoms with van der Waals surface area (Å²) in [5.41, 5.74) is 3.61. The molecular weight excluding hydrogens is 511 g/mol. The van der Waals surface area contributed by atoms with Crippen LogP contribution < -0.4 is 10.1 Å². The minimum absolute atomic E-state index is 0.00840. The highest BCUT2D eigenvalue weighted by Crippen LogP contribution is 2.24. The zero-order chi connectivity index (χ0) is 21.5. The molecule has 0 saturated heterocycles. The monoisotopic (exact) mass is 528 g/mol. The predicted octanol–water partition coefficient (Wildman–Crippen LogP) is 6.38. The van der Waals surface area contributed by atoms with Crippen molar-refractivity contribution in [2.45, 2.75) is 13.5 Å². The van der Waals surface area contributed by atoms with E-state index >= 15 is 0 Å². The third-order valence-corrected chi connectivity index (χ3v) is 5.34. The van der Waals surface area contributed by atoms with Gasteiger partial charge < -0.3 is 10.1 Å². The van der Waals surface area contributed by atoms with Crippen LogP contribution in [-0.4, -0.2) is 5.91 Å². The fourth-order valence-corrected chi connectivity index (χ4v) is 3.44. The molecule has 1 amide bonds. The van der Waals surface area contributed by atoms with Gasteiger partial charge in [0.1, 0.15) is 24.0 Å². The van der Waals surface area contributed by atoms with Crippen molar-refractivity contribution in [3.8, 4) is 11.8 Å². The standard InChI is InChI=1S/C24H18ClIN2O2/c1-16-2-4-17(5-3-16)15-30-23-11-6-18(13-22(23)26)12-19(14-27)24(29)28-21-9-7-20(25)8-10-21/h2-13H,15H2,1H3,(H,28,29)/b19-12-. The number of hydrogen-bond donors (Lipinski definition) is 1. The van der Waals surface area contributed by atoms with Gasteiger partial charge in [-0.2, -0.15) is 5.26 Å². The first-order valence-electron chi connectivity index (χ1n) is 9.11. The molecule has 3 aromatic rings. The lowest BCUT2D eigenvalue weighted by Crippen LogP contribution is -2.13. The number of amides is 1. The Labute approximate surface area is 194 Å². The van der Waals surface area contributed by atoms with Gasteiger partial charge >= 0.3 is 0 Å². The van der Waals surface area contributed by atoms with Crippen molar-refractivity contribution in [2.75, 3.05) is 5.32 Å². The third-order valence-electron chi connectivity index (χ3n) is 4.25. The van der Waals surface area contributed by atoms with Gasteiger partial charge in [-0.25, -0.2) is 0 Å². The Morgan fingerprint density at radius 2 is 1.83 bits per heavy atom. The molecule has 0 spiro atoms. The molecule has 0 heterocycles. The maximum atomic E-state index is 12.4. The Bertz CT molecular complexity index is 1120. The molecule has 3 rings (SSSR count). The number of rotatable bonds is 6. The lowest BCUT2D eigenvalue weighted by atomic mass is 10.1. The van der Waals surface area contributed by atoms with Gasteiger partial charge in [0.25, 0.3) is 5.91 Å². The maximum absolute atomic E-state index is 12.4. The van der Waals surface area contributed by atoms with Crippen molar-refractivity contribution >= 4 is 51.9 Å². The van der Waals surface area contributed by atoms with Gasteiger partial charge in [0, 0.05) is 10.7 Å². The van der Waals surface area contributed by atoms with E-state index in [4.69, 9.17) is 16.3 Å². The predicted molar refractivity (Wildman–Crippen MR) is 128 cm³/mol. The normalized spacial score (nSPS) is 10.9. The molecule has 3 aromatic carbocycles. The Morgan fingerprint density at radius 1 is 1.13 bits per heavy atom. The fourth-order valence-electron chi connectivity index (χ4n) is 2.62. The molecule has 6 heteroatoms. The SMILES string of the molecule is Cc1ccc(COc2ccc(/C=C(/C#N)C(=O)Nc3ccc(Cl)cc3)cc2I)cc1. The highest BCUT2D eigenvalue weighted by Gasteiger charge is 2.10. The van der Waals surface area contributed by atoms with E-state index in [0.717, 1.165) is 20.4 Å². The molecule has 0 aliphatic rings.